The minimum absolute atomic E-state index is 0.658. The summed E-state index contributed by atoms with van der Waals surface area (Å²) in [6, 6.07) is 10.7. The number of likely N-dealkylation sites (tertiary alicyclic amines) is 1. The summed E-state index contributed by atoms with van der Waals surface area (Å²) in [7, 11) is 0. The summed E-state index contributed by atoms with van der Waals surface area (Å²) in [6.07, 6.45) is 5.74. The van der Waals surface area contributed by atoms with Crippen molar-refractivity contribution in [1.29, 1.82) is 0 Å². The van der Waals surface area contributed by atoms with Gasteiger partial charge in [0.25, 0.3) is 0 Å². The highest BCUT2D eigenvalue weighted by Gasteiger charge is 2.19. The van der Waals surface area contributed by atoms with Gasteiger partial charge in [-0.25, -0.2) is 4.98 Å². The van der Waals surface area contributed by atoms with E-state index in [0.29, 0.717) is 6.04 Å². The van der Waals surface area contributed by atoms with Gasteiger partial charge in [0, 0.05) is 18.2 Å². The van der Waals surface area contributed by atoms with Crippen LogP contribution in [0.1, 0.15) is 31.9 Å². The minimum Gasteiger partial charge on any atom is -0.444 e. The van der Waals surface area contributed by atoms with Crippen LogP contribution >= 0.6 is 0 Å². The second kappa shape index (κ2) is 5.57. The van der Waals surface area contributed by atoms with E-state index in [1.165, 1.54) is 25.8 Å². The molecule has 0 N–H and O–H groups in total. The van der Waals surface area contributed by atoms with Crippen LogP contribution in [-0.2, 0) is 6.54 Å². The predicted molar refractivity (Wildman–Crippen MR) is 75.7 cm³/mol. The second-order valence-electron chi connectivity index (χ2n) is 5.33. The topological polar surface area (TPSA) is 29.3 Å². The quantitative estimate of drug-likeness (QED) is 0.838. The number of hydrogen-bond acceptors (Lipinski definition) is 3. The molecule has 0 radical (unpaired) electrons. The largest absolute Gasteiger partial charge is 0.444 e. The number of benzene rings is 1. The van der Waals surface area contributed by atoms with Crippen molar-refractivity contribution in [3.05, 3.63) is 42.3 Å². The number of oxazole rings is 1. The van der Waals surface area contributed by atoms with Gasteiger partial charge in [0.05, 0.1) is 5.69 Å². The monoisotopic (exact) mass is 256 g/mol. The van der Waals surface area contributed by atoms with Gasteiger partial charge in [-0.05, 0) is 38.4 Å². The van der Waals surface area contributed by atoms with Gasteiger partial charge >= 0.3 is 0 Å². The minimum atomic E-state index is 0.658. The van der Waals surface area contributed by atoms with E-state index in [2.05, 4.69) is 16.8 Å². The molecule has 0 spiro atoms. The van der Waals surface area contributed by atoms with Crippen LogP contribution in [0.4, 0.5) is 0 Å². The zero-order valence-corrected chi connectivity index (χ0v) is 11.4. The third-order valence-electron chi connectivity index (χ3n) is 3.88. The standard InChI is InChI=1S/C16H20N2O/c1-13-7-5-6-10-18(13)11-15-12-19-16(17-15)14-8-3-2-4-9-14/h2-4,8-9,12-13H,5-7,10-11H2,1H3. The van der Waals surface area contributed by atoms with Gasteiger partial charge in [0.15, 0.2) is 0 Å². The summed E-state index contributed by atoms with van der Waals surface area (Å²) in [6.45, 7) is 4.38. The first-order valence-corrected chi connectivity index (χ1v) is 7.07. The number of aromatic nitrogens is 1. The Hall–Kier alpha value is -1.61. The molecular formula is C16H20N2O. The highest BCUT2D eigenvalue weighted by Crippen LogP contribution is 2.22. The molecule has 1 aromatic carbocycles. The van der Waals surface area contributed by atoms with Gasteiger partial charge in [-0.2, -0.15) is 0 Å². The lowest BCUT2D eigenvalue weighted by Gasteiger charge is -2.32. The Morgan fingerprint density at radius 2 is 2.11 bits per heavy atom. The average Bonchev–Trinajstić information content (AvgIpc) is 2.91. The Morgan fingerprint density at radius 3 is 2.89 bits per heavy atom. The Balaban J connectivity index is 1.71. The first kappa shape index (κ1) is 12.4. The second-order valence-corrected chi connectivity index (χ2v) is 5.33. The lowest BCUT2D eigenvalue weighted by atomic mass is 10.0. The predicted octanol–water partition coefficient (Wildman–Crippen LogP) is 3.72. The molecule has 1 aliphatic heterocycles. The van der Waals surface area contributed by atoms with Crippen molar-refractivity contribution in [1.82, 2.24) is 9.88 Å². The van der Waals surface area contributed by atoms with E-state index in [1.807, 2.05) is 30.3 Å². The van der Waals surface area contributed by atoms with Gasteiger partial charge in [-0.3, -0.25) is 4.90 Å². The van der Waals surface area contributed by atoms with Crippen LogP contribution in [0.5, 0.6) is 0 Å². The van der Waals surface area contributed by atoms with Gasteiger partial charge in [-0.1, -0.05) is 24.6 Å². The highest BCUT2D eigenvalue weighted by atomic mass is 16.3. The number of piperidine rings is 1. The molecule has 3 nitrogen and oxygen atoms in total. The number of hydrogen-bond donors (Lipinski definition) is 0. The maximum atomic E-state index is 5.59. The van der Waals surface area contributed by atoms with E-state index in [0.717, 1.165) is 23.7 Å². The molecule has 1 aliphatic rings. The average molecular weight is 256 g/mol. The summed E-state index contributed by atoms with van der Waals surface area (Å²) >= 11 is 0. The van der Waals surface area contributed by atoms with Crippen molar-refractivity contribution in [2.24, 2.45) is 0 Å². The maximum absolute atomic E-state index is 5.59. The van der Waals surface area contributed by atoms with Crippen molar-refractivity contribution in [3.63, 3.8) is 0 Å². The molecule has 1 saturated heterocycles. The van der Waals surface area contributed by atoms with E-state index in [9.17, 15) is 0 Å². The fourth-order valence-electron chi connectivity index (χ4n) is 2.69. The summed E-state index contributed by atoms with van der Waals surface area (Å²) in [5, 5.41) is 0. The Morgan fingerprint density at radius 1 is 1.26 bits per heavy atom. The highest BCUT2D eigenvalue weighted by molar-refractivity contribution is 5.52. The lowest BCUT2D eigenvalue weighted by Crippen LogP contribution is -2.36. The Bertz CT molecular complexity index is 521. The van der Waals surface area contributed by atoms with Crippen molar-refractivity contribution in [3.8, 4) is 11.5 Å². The molecule has 1 fully saturated rings. The zero-order valence-electron chi connectivity index (χ0n) is 11.4. The van der Waals surface area contributed by atoms with Gasteiger partial charge in [-0.15, -0.1) is 0 Å². The van der Waals surface area contributed by atoms with Crippen molar-refractivity contribution in [2.75, 3.05) is 6.54 Å². The summed E-state index contributed by atoms with van der Waals surface area (Å²) in [5.41, 5.74) is 2.08. The smallest absolute Gasteiger partial charge is 0.226 e. The van der Waals surface area contributed by atoms with E-state index in [-0.39, 0.29) is 0 Å². The molecule has 19 heavy (non-hydrogen) atoms. The van der Waals surface area contributed by atoms with Crippen LogP contribution in [-0.4, -0.2) is 22.5 Å². The molecule has 0 saturated carbocycles. The third kappa shape index (κ3) is 2.87. The molecule has 3 rings (SSSR count). The molecule has 100 valence electrons. The first-order chi connectivity index (χ1) is 9.33. The molecule has 0 amide bonds. The SMILES string of the molecule is CC1CCCCN1Cc1coc(-c2ccccc2)n1. The fraction of sp³-hybridized carbons (Fsp3) is 0.438. The fourth-order valence-corrected chi connectivity index (χ4v) is 2.69. The third-order valence-corrected chi connectivity index (χ3v) is 3.88. The van der Waals surface area contributed by atoms with Crippen LogP contribution in [0.3, 0.4) is 0 Å². The maximum Gasteiger partial charge on any atom is 0.226 e. The van der Waals surface area contributed by atoms with Gasteiger partial charge in [0.1, 0.15) is 6.26 Å². The van der Waals surface area contributed by atoms with Gasteiger partial charge < -0.3 is 4.42 Å². The summed E-state index contributed by atoms with van der Waals surface area (Å²) in [4.78, 5) is 7.10. The van der Waals surface area contributed by atoms with E-state index < -0.39 is 0 Å². The van der Waals surface area contributed by atoms with Crippen molar-refractivity contribution < 1.29 is 4.42 Å². The normalized spacial score (nSPS) is 20.6. The Labute approximate surface area is 114 Å². The molecule has 2 aromatic rings. The molecule has 0 bridgehead atoms. The van der Waals surface area contributed by atoms with Crippen LogP contribution < -0.4 is 0 Å². The Kier molecular flexibility index (Phi) is 3.65. The van der Waals surface area contributed by atoms with E-state index in [1.54, 1.807) is 6.26 Å². The summed E-state index contributed by atoms with van der Waals surface area (Å²) in [5.74, 6) is 0.722. The summed E-state index contributed by atoms with van der Waals surface area (Å²) < 4.78 is 5.59. The van der Waals surface area contributed by atoms with Crippen LogP contribution in [0.15, 0.2) is 41.0 Å². The molecule has 3 heteroatoms. The van der Waals surface area contributed by atoms with Crippen LogP contribution in [0, 0.1) is 0 Å². The molecular weight excluding hydrogens is 236 g/mol. The molecule has 1 atom stereocenters. The van der Waals surface area contributed by atoms with Crippen molar-refractivity contribution in [2.45, 2.75) is 38.8 Å². The molecule has 1 aromatic heterocycles. The van der Waals surface area contributed by atoms with Crippen LogP contribution in [0.2, 0.25) is 0 Å². The molecule has 2 heterocycles. The lowest BCUT2D eigenvalue weighted by molar-refractivity contribution is 0.151. The zero-order chi connectivity index (χ0) is 13.1. The van der Waals surface area contributed by atoms with Gasteiger partial charge in [0.2, 0.25) is 5.89 Å². The van der Waals surface area contributed by atoms with Crippen molar-refractivity contribution >= 4 is 0 Å². The number of rotatable bonds is 3. The molecule has 0 aliphatic carbocycles. The molecule has 1 unspecified atom stereocenters. The number of nitrogens with zero attached hydrogens (tertiary/aromatic N) is 2. The van der Waals surface area contributed by atoms with E-state index >= 15 is 0 Å². The first-order valence-electron chi connectivity index (χ1n) is 7.07. The van der Waals surface area contributed by atoms with E-state index in [4.69, 9.17) is 4.42 Å². The van der Waals surface area contributed by atoms with Crippen LogP contribution in [0.25, 0.3) is 11.5 Å².